The first-order valence-electron chi connectivity index (χ1n) is 6.29. The van der Waals surface area contributed by atoms with Crippen LogP contribution in [0.25, 0.3) is 0 Å². The lowest BCUT2D eigenvalue weighted by Gasteiger charge is -2.18. The van der Waals surface area contributed by atoms with Gasteiger partial charge in [-0.15, -0.1) is 11.6 Å². The van der Waals surface area contributed by atoms with Crippen molar-refractivity contribution in [1.29, 1.82) is 0 Å². The average Bonchev–Trinajstić information content (AvgIpc) is 2.28. The van der Waals surface area contributed by atoms with Crippen LogP contribution in [-0.2, 0) is 6.42 Å². The lowest BCUT2D eigenvalue weighted by atomic mass is 10.1. The van der Waals surface area contributed by atoms with Crippen molar-refractivity contribution >= 4 is 17.4 Å². The van der Waals surface area contributed by atoms with E-state index in [9.17, 15) is 0 Å². The lowest BCUT2D eigenvalue weighted by molar-refractivity contribution is 0.541. The molecule has 0 aliphatic rings. The highest BCUT2D eigenvalue weighted by atomic mass is 35.5. The van der Waals surface area contributed by atoms with E-state index in [0.29, 0.717) is 11.8 Å². The molecular weight excluding hydrogens is 234 g/mol. The lowest BCUT2D eigenvalue weighted by Crippen LogP contribution is -2.24. The van der Waals surface area contributed by atoms with Crippen molar-refractivity contribution in [2.24, 2.45) is 5.92 Å². The molecule has 0 aliphatic heterocycles. The summed E-state index contributed by atoms with van der Waals surface area (Å²) in [5.41, 5.74) is 1.09. The van der Waals surface area contributed by atoms with Gasteiger partial charge in [-0.05, 0) is 18.8 Å². The van der Waals surface area contributed by atoms with Gasteiger partial charge in [0.1, 0.15) is 12.1 Å². The summed E-state index contributed by atoms with van der Waals surface area (Å²) in [7, 11) is 0. The van der Waals surface area contributed by atoms with Crippen molar-refractivity contribution in [2.45, 2.75) is 46.1 Å². The average molecular weight is 256 g/mol. The summed E-state index contributed by atoms with van der Waals surface area (Å²) in [6.45, 7) is 6.54. The van der Waals surface area contributed by atoms with E-state index in [1.807, 2.05) is 6.07 Å². The summed E-state index contributed by atoms with van der Waals surface area (Å²) in [6, 6.07) is 2.30. The van der Waals surface area contributed by atoms with Gasteiger partial charge >= 0.3 is 0 Å². The van der Waals surface area contributed by atoms with Gasteiger partial charge in [0.25, 0.3) is 0 Å². The van der Waals surface area contributed by atoms with E-state index in [2.05, 4.69) is 36.1 Å². The fourth-order valence-corrected chi connectivity index (χ4v) is 2.01. The topological polar surface area (TPSA) is 37.8 Å². The number of nitrogens with one attached hydrogen (secondary N) is 1. The van der Waals surface area contributed by atoms with E-state index in [1.54, 1.807) is 6.33 Å². The maximum Gasteiger partial charge on any atom is 0.129 e. The second kappa shape index (κ2) is 7.49. The summed E-state index contributed by atoms with van der Waals surface area (Å²) in [5.74, 6) is 2.11. The molecule has 1 atom stereocenters. The Hall–Kier alpha value is -0.830. The molecule has 3 nitrogen and oxygen atoms in total. The van der Waals surface area contributed by atoms with Gasteiger partial charge in [-0.25, -0.2) is 9.97 Å². The molecule has 1 rings (SSSR count). The van der Waals surface area contributed by atoms with Gasteiger partial charge in [0.2, 0.25) is 0 Å². The number of hydrogen-bond acceptors (Lipinski definition) is 3. The van der Waals surface area contributed by atoms with Crippen LogP contribution in [0.1, 0.15) is 39.3 Å². The molecule has 0 bridgehead atoms. The molecule has 1 unspecified atom stereocenters. The second-order valence-corrected chi connectivity index (χ2v) is 5.08. The van der Waals surface area contributed by atoms with Crippen molar-refractivity contribution in [3.05, 3.63) is 18.1 Å². The Morgan fingerprint density at radius 2 is 2.12 bits per heavy atom. The Labute approximate surface area is 109 Å². The SMILES string of the molecule is CCCc1cc(NC(CCl)CC(C)C)ncn1. The number of alkyl halides is 1. The number of anilines is 1. The summed E-state index contributed by atoms with van der Waals surface area (Å²) in [6.07, 6.45) is 4.76. The first-order valence-corrected chi connectivity index (χ1v) is 6.82. The number of hydrogen-bond donors (Lipinski definition) is 1. The van der Waals surface area contributed by atoms with E-state index in [0.717, 1.165) is 30.8 Å². The first kappa shape index (κ1) is 14.2. The highest BCUT2D eigenvalue weighted by Crippen LogP contribution is 2.13. The van der Waals surface area contributed by atoms with Crippen molar-refractivity contribution in [1.82, 2.24) is 9.97 Å². The third-order valence-corrected chi connectivity index (χ3v) is 2.90. The van der Waals surface area contributed by atoms with Gasteiger partial charge in [0.15, 0.2) is 0 Å². The monoisotopic (exact) mass is 255 g/mol. The number of halogens is 1. The molecule has 0 saturated heterocycles. The van der Waals surface area contributed by atoms with Crippen LogP contribution in [0.5, 0.6) is 0 Å². The summed E-state index contributed by atoms with van der Waals surface area (Å²) >= 11 is 5.96. The molecule has 96 valence electrons. The normalized spacial score (nSPS) is 12.8. The van der Waals surface area contributed by atoms with E-state index >= 15 is 0 Å². The van der Waals surface area contributed by atoms with Crippen LogP contribution in [0.15, 0.2) is 12.4 Å². The minimum absolute atomic E-state index is 0.279. The summed E-state index contributed by atoms with van der Waals surface area (Å²) in [5, 5.41) is 3.38. The number of rotatable bonds is 7. The molecule has 4 heteroatoms. The Bertz CT molecular complexity index is 328. The van der Waals surface area contributed by atoms with Crippen LogP contribution in [-0.4, -0.2) is 21.9 Å². The third kappa shape index (κ3) is 5.35. The highest BCUT2D eigenvalue weighted by Gasteiger charge is 2.10. The molecule has 0 saturated carbocycles. The minimum atomic E-state index is 0.279. The molecule has 0 spiro atoms. The predicted molar refractivity (Wildman–Crippen MR) is 73.6 cm³/mol. The predicted octanol–water partition coefficient (Wildman–Crippen LogP) is 3.49. The van der Waals surface area contributed by atoms with Gasteiger partial charge in [-0.3, -0.25) is 0 Å². The molecule has 1 aromatic rings. The van der Waals surface area contributed by atoms with Gasteiger partial charge in [-0.1, -0.05) is 27.2 Å². The minimum Gasteiger partial charge on any atom is -0.366 e. The van der Waals surface area contributed by atoms with Gasteiger partial charge < -0.3 is 5.32 Å². The van der Waals surface area contributed by atoms with Crippen molar-refractivity contribution in [2.75, 3.05) is 11.2 Å². The number of aromatic nitrogens is 2. The fourth-order valence-electron chi connectivity index (χ4n) is 1.81. The molecule has 0 aliphatic carbocycles. The smallest absolute Gasteiger partial charge is 0.129 e. The molecular formula is C13H22ClN3. The second-order valence-electron chi connectivity index (χ2n) is 4.77. The molecule has 17 heavy (non-hydrogen) atoms. The Balaban J connectivity index is 2.62. The van der Waals surface area contributed by atoms with Crippen LogP contribution in [0.2, 0.25) is 0 Å². The van der Waals surface area contributed by atoms with Crippen LogP contribution in [0, 0.1) is 5.92 Å². The van der Waals surface area contributed by atoms with Crippen molar-refractivity contribution in [3.8, 4) is 0 Å². The van der Waals surface area contributed by atoms with Gasteiger partial charge in [0.05, 0.1) is 0 Å². The number of nitrogens with zero attached hydrogens (tertiary/aromatic N) is 2. The highest BCUT2D eigenvalue weighted by molar-refractivity contribution is 6.18. The zero-order chi connectivity index (χ0) is 12.7. The molecule has 1 aromatic heterocycles. The molecule has 0 aromatic carbocycles. The molecule has 1 N–H and O–H groups in total. The van der Waals surface area contributed by atoms with E-state index in [1.165, 1.54) is 0 Å². The number of aryl methyl sites for hydroxylation is 1. The quantitative estimate of drug-likeness (QED) is 0.758. The molecule has 1 heterocycles. The van der Waals surface area contributed by atoms with Crippen LogP contribution in [0.3, 0.4) is 0 Å². The molecule has 0 fully saturated rings. The zero-order valence-corrected chi connectivity index (χ0v) is 11.7. The standard InChI is InChI=1S/C13H22ClN3/c1-4-5-11-7-13(16-9-15-11)17-12(8-14)6-10(2)3/h7,9-10,12H,4-6,8H2,1-3H3,(H,15,16,17). The van der Waals surface area contributed by atoms with Crippen LogP contribution < -0.4 is 5.32 Å². The molecule has 0 radical (unpaired) electrons. The Kier molecular flexibility index (Phi) is 6.27. The maximum atomic E-state index is 5.96. The van der Waals surface area contributed by atoms with E-state index in [-0.39, 0.29) is 6.04 Å². The Morgan fingerprint density at radius 1 is 1.35 bits per heavy atom. The summed E-state index contributed by atoms with van der Waals surface area (Å²) < 4.78 is 0. The largest absolute Gasteiger partial charge is 0.366 e. The van der Waals surface area contributed by atoms with Crippen molar-refractivity contribution < 1.29 is 0 Å². The fraction of sp³-hybridized carbons (Fsp3) is 0.692. The van der Waals surface area contributed by atoms with Crippen LogP contribution in [0.4, 0.5) is 5.82 Å². The zero-order valence-electron chi connectivity index (χ0n) is 10.9. The van der Waals surface area contributed by atoms with E-state index < -0.39 is 0 Å². The first-order chi connectivity index (χ1) is 8.15. The van der Waals surface area contributed by atoms with Crippen LogP contribution >= 0.6 is 11.6 Å². The Morgan fingerprint density at radius 3 is 2.71 bits per heavy atom. The van der Waals surface area contributed by atoms with Gasteiger partial charge in [-0.2, -0.15) is 0 Å². The summed E-state index contributed by atoms with van der Waals surface area (Å²) in [4.78, 5) is 8.47. The third-order valence-electron chi connectivity index (χ3n) is 2.52. The van der Waals surface area contributed by atoms with E-state index in [4.69, 9.17) is 11.6 Å². The van der Waals surface area contributed by atoms with Crippen molar-refractivity contribution in [3.63, 3.8) is 0 Å². The maximum absolute atomic E-state index is 5.96. The molecule has 0 amide bonds. The van der Waals surface area contributed by atoms with Gasteiger partial charge in [0, 0.05) is 23.7 Å².